The van der Waals surface area contributed by atoms with Gasteiger partial charge in [-0.3, -0.25) is 19.3 Å². The Kier molecular flexibility index (Phi) is 3.40. The van der Waals surface area contributed by atoms with Crippen molar-refractivity contribution in [1.29, 1.82) is 0 Å². The van der Waals surface area contributed by atoms with Gasteiger partial charge in [0, 0.05) is 24.8 Å². The number of carboxylic acid groups (broad SMARTS) is 1. The van der Waals surface area contributed by atoms with E-state index in [4.69, 9.17) is 9.84 Å². The number of benzene rings is 1. The number of cyclic esters (lactones) is 1. The minimum atomic E-state index is -0.981. The molecule has 0 radical (unpaired) electrons. The van der Waals surface area contributed by atoms with Gasteiger partial charge in [-0.25, -0.2) is 4.79 Å². The summed E-state index contributed by atoms with van der Waals surface area (Å²) in [7, 11) is 0. The topological polar surface area (TPSA) is 101 Å². The number of hydrogen-bond donors (Lipinski definition) is 1. The van der Waals surface area contributed by atoms with Gasteiger partial charge in [0.15, 0.2) is 0 Å². The first kappa shape index (κ1) is 14.2. The zero-order valence-corrected chi connectivity index (χ0v) is 11.6. The molecule has 22 heavy (non-hydrogen) atoms. The largest absolute Gasteiger partial charge is 0.481 e. The predicted octanol–water partition coefficient (Wildman–Crippen LogP) is 1.42. The molecule has 2 aliphatic rings. The summed E-state index contributed by atoms with van der Waals surface area (Å²) >= 11 is 0. The number of carbonyl (C=O) groups is 4. The van der Waals surface area contributed by atoms with Crippen molar-refractivity contribution in [3.8, 4) is 0 Å². The summed E-state index contributed by atoms with van der Waals surface area (Å²) in [6.07, 6.45) is -0.296. The summed E-state index contributed by atoms with van der Waals surface area (Å²) < 4.78 is 5.16. The Labute approximate surface area is 125 Å². The van der Waals surface area contributed by atoms with E-state index in [2.05, 4.69) is 0 Å². The molecule has 1 unspecified atom stereocenters. The maximum absolute atomic E-state index is 11.8. The van der Waals surface area contributed by atoms with Crippen LogP contribution in [0.15, 0.2) is 18.2 Å². The van der Waals surface area contributed by atoms with E-state index < -0.39 is 18.0 Å². The van der Waals surface area contributed by atoms with Gasteiger partial charge in [0.2, 0.25) is 11.8 Å². The SMILES string of the molecule is O=C(O)CCC1OC(=O)c2ccc(N3C(=O)CCC3=O)cc21. The van der Waals surface area contributed by atoms with Gasteiger partial charge in [0.05, 0.1) is 11.3 Å². The van der Waals surface area contributed by atoms with Crippen LogP contribution in [0.3, 0.4) is 0 Å². The fraction of sp³-hybridized carbons (Fsp3) is 0.333. The second kappa shape index (κ2) is 5.25. The molecule has 0 aliphatic carbocycles. The number of amides is 2. The highest BCUT2D eigenvalue weighted by molar-refractivity contribution is 6.20. The molecule has 2 amide bonds. The first-order valence-electron chi connectivity index (χ1n) is 6.90. The number of aliphatic carboxylic acids is 1. The van der Waals surface area contributed by atoms with Gasteiger partial charge < -0.3 is 9.84 Å². The molecule has 1 aromatic carbocycles. The average molecular weight is 303 g/mol. The Balaban J connectivity index is 1.93. The van der Waals surface area contributed by atoms with Crippen LogP contribution in [0.1, 0.15) is 47.7 Å². The molecule has 0 spiro atoms. The number of anilines is 1. The fourth-order valence-corrected chi connectivity index (χ4v) is 2.73. The lowest BCUT2D eigenvalue weighted by Crippen LogP contribution is -2.28. The third-order valence-corrected chi connectivity index (χ3v) is 3.78. The Morgan fingerprint density at radius 2 is 1.91 bits per heavy atom. The van der Waals surface area contributed by atoms with Crippen LogP contribution in [0.25, 0.3) is 0 Å². The third-order valence-electron chi connectivity index (χ3n) is 3.78. The number of imide groups is 1. The molecule has 0 bridgehead atoms. The van der Waals surface area contributed by atoms with Crippen molar-refractivity contribution in [3.05, 3.63) is 29.3 Å². The molecular formula is C15H13NO6. The van der Waals surface area contributed by atoms with Gasteiger partial charge in [-0.1, -0.05) is 0 Å². The second-order valence-electron chi connectivity index (χ2n) is 5.22. The highest BCUT2D eigenvalue weighted by Gasteiger charge is 2.35. The van der Waals surface area contributed by atoms with Crippen LogP contribution in [-0.4, -0.2) is 28.9 Å². The minimum absolute atomic E-state index is 0.136. The summed E-state index contributed by atoms with van der Waals surface area (Å²) in [6.45, 7) is 0. The number of carbonyl (C=O) groups excluding carboxylic acids is 3. The van der Waals surface area contributed by atoms with E-state index in [0.29, 0.717) is 16.8 Å². The summed E-state index contributed by atoms with van der Waals surface area (Å²) in [5.74, 6) is -2.06. The molecule has 2 heterocycles. The predicted molar refractivity (Wildman–Crippen MR) is 73.2 cm³/mol. The molecule has 114 valence electrons. The standard InChI is InChI=1S/C15H13NO6/c17-12-4-5-13(18)16(12)8-1-2-9-10(7-8)11(22-15(9)21)3-6-14(19)20/h1-2,7,11H,3-6H2,(H,19,20). The number of esters is 1. The normalized spacial score (nSPS) is 20.3. The Bertz CT molecular complexity index is 679. The lowest BCUT2D eigenvalue weighted by molar-refractivity contribution is -0.137. The Morgan fingerprint density at radius 1 is 1.23 bits per heavy atom. The number of rotatable bonds is 4. The van der Waals surface area contributed by atoms with Gasteiger partial charge in [-0.15, -0.1) is 0 Å². The van der Waals surface area contributed by atoms with Crippen molar-refractivity contribution >= 4 is 29.4 Å². The van der Waals surface area contributed by atoms with Crippen LogP contribution < -0.4 is 4.90 Å². The molecule has 3 rings (SSSR count). The van der Waals surface area contributed by atoms with Gasteiger partial charge in [-0.05, 0) is 24.6 Å². The van der Waals surface area contributed by atoms with Crippen molar-refractivity contribution in [2.75, 3.05) is 4.90 Å². The number of hydrogen-bond acceptors (Lipinski definition) is 5. The maximum atomic E-state index is 11.8. The highest BCUT2D eigenvalue weighted by atomic mass is 16.5. The molecule has 2 aliphatic heterocycles. The van der Waals surface area contributed by atoms with Crippen LogP contribution in [0.5, 0.6) is 0 Å². The summed E-state index contributed by atoms with van der Waals surface area (Å²) in [6, 6.07) is 4.60. The molecule has 7 heteroatoms. The van der Waals surface area contributed by atoms with E-state index in [-0.39, 0.29) is 37.5 Å². The van der Waals surface area contributed by atoms with E-state index in [9.17, 15) is 19.2 Å². The number of ether oxygens (including phenoxy) is 1. The van der Waals surface area contributed by atoms with Crippen molar-refractivity contribution < 1.29 is 29.0 Å². The van der Waals surface area contributed by atoms with Crippen LogP contribution >= 0.6 is 0 Å². The van der Waals surface area contributed by atoms with E-state index in [1.807, 2.05) is 0 Å². The molecule has 1 aromatic rings. The first-order valence-corrected chi connectivity index (χ1v) is 6.90. The van der Waals surface area contributed by atoms with Crippen molar-refractivity contribution in [3.63, 3.8) is 0 Å². The van der Waals surface area contributed by atoms with Crippen LogP contribution in [-0.2, 0) is 19.1 Å². The third kappa shape index (κ3) is 2.34. The van der Waals surface area contributed by atoms with Crippen LogP contribution in [0.2, 0.25) is 0 Å². The second-order valence-corrected chi connectivity index (χ2v) is 5.22. The van der Waals surface area contributed by atoms with Crippen LogP contribution in [0.4, 0.5) is 5.69 Å². The summed E-state index contributed by atoms with van der Waals surface area (Å²) in [4.78, 5) is 47.1. The lowest BCUT2D eigenvalue weighted by Gasteiger charge is -2.16. The van der Waals surface area contributed by atoms with E-state index >= 15 is 0 Å². The van der Waals surface area contributed by atoms with E-state index in [1.54, 1.807) is 6.07 Å². The number of nitrogens with zero attached hydrogens (tertiary/aromatic N) is 1. The zero-order chi connectivity index (χ0) is 15.9. The first-order chi connectivity index (χ1) is 10.5. The quantitative estimate of drug-likeness (QED) is 0.666. The average Bonchev–Trinajstić information content (AvgIpc) is 2.97. The summed E-state index contributed by atoms with van der Waals surface area (Å²) in [5, 5.41) is 8.75. The van der Waals surface area contributed by atoms with Gasteiger partial charge >= 0.3 is 11.9 Å². The van der Waals surface area contributed by atoms with E-state index in [1.165, 1.54) is 12.1 Å². The van der Waals surface area contributed by atoms with Crippen LogP contribution in [0, 0.1) is 0 Å². The van der Waals surface area contributed by atoms with Crippen molar-refractivity contribution in [1.82, 2.24) is 0 Å². The molecule has 7 nitrogen and oxygen atoms in total. The van der Waals surface area contributed by atoms with Gasteiger partial charge in [0.25, 0.3) is 0 Å². The van der Waals surface area contributed by atoms with E-state index in [0.717, 1.165) is 4.90 Å². The number of fused-ring (bicyclic) bond motifs is 1. The van der Waals surface area contributed by atoms with Crippen molar-refractivity contribution in [2.45, 2.75) is 31.8 Å². The monoisotopic (exact) mass is 303 g/mol. The maximum Gasteiger partial charge on any atom is 0.339 e. The van der Waals surface area contributed by atoms with Crippen molar-refractivity contribution in [2.24, 2.45) is 0 Å². The molecule has 1 saturated heterocycles. The van der Waals surface area contributed by atoms with Gasteiger partial charge in [-0.2, -0.15) is 0 Å². The zero-order valence-electron chi connectivity index (χ0n) is 11.6. The molecule has 1 atom stereocenters. The molecule has 1 N–H and O–H groups in total. The highest BCUT2D eigenvalue weighted by Crippen LogP contribution is 2.37. The fourth-order valence-electron chi connectivity index (χ4n) is 2.73. The minimum Gasteiger partial charge on any atom is -0.481 e. The molecule has 1 fully saturated rings. The molecular weight excluding hydrogens is 290 g/mol. The smallest absolute Gasteiger partial charge is 0.339 e. The molecule has 0 aromatic heterocycles. The Morgan fingerprint density at radius 3 is 2.55 bits per heavy atom. The lowest BCUT2D eigenvalue weighted by atomic mass is 10.0. The number of carboxylic acids is 1. The molecule has 0 saturated carbocycles. The Hall–Kier alpha value is -2.70. The van der Waals surface area contributed by atoms with Gasteiger partial charge in [0.1, 0.15) is 6.10 Å². The summed E-state index contributed by atoms with van der Waals surface area (Å²) in [5.41, 5.74) is 1.26.